The summed E-state index contributed by atoms with van der Waals surface area (Å²) in [5.41, 5.74) is 1.58. The van der Waals surface area contributed by atoms with Crippen LogP contribution in [0.4, 0.5) is 0 Å². The Bertz CT molecular complexity index is 521. The van der Waals surface area contributed by atoms with E-state index in [4.69, 9.17) is 11.6 Å². The minimum Gasteiger partial charge on any atom is -0.508 e. The molecule has 19 heavy (non-hydrogen) atoms. The van der Waals surface area contributed by atoms with Gasteiger partial charge in [0.25, 0.3) is 0 Å². The first-order valence-electron chi connectivity index (χ1n) is 6.05. The third-order valence-corrected chi connectivity index (χ3v) is 3.63. The second kappa shape index (κ2) is 8.08. The maximum atomic E-state index is 9.75. The van der Waals surface area contributed by atoms with Crippen molar-refractivity contribution >= 4 is 35.3 Å². The van der Waals surface area contributed by atoms with Crippen LogP contribution < -0.4 is 0 Å². The molecule has 0 amide bonds. The fourth-order valence-electron chi connectivity index (χ4n) is 1.57. The average molecular weight is 296 g/mol. The molecule has 4 heteroatoms. The van der Waals surface area contributed by atoms with Crippen LogP contribution in [-0.2, 0) is 0 Å². The standard InChI is InChI=1S/C15H18ClNOS/c1-4-6-12(18)10-14(17-5-2)11-7-8-15(19-3)13(16)9-11/h5-10,18H,4H2,1-3H3/b12-6-,14-10-,17-5-. The topological polar surface area (TPSA) is 32.6 Å². The van der Waals surface area contributed by atoms with Gasteiger partial charge in [-0.1, -0.05) is 24.6 Å². The Morgan fingerprint density at radius 3 is 2.74 bits per heavy atom. The summed E-state index contributed by atoms with van der Waals surface area (Å²) in [6.07, 6.45) is 7.84. The predicted octanol–water partition coefficient (Wildman–Crippen LogP) is 5.35. The van der Waals surface area contributed by atoms with Crippen molar-refractivity contribution in [1.82, 2.24) is 0 Å². The molecule has 1 rings (SSSR count). The van der Waals surface area contributed by atoms with Gasteiger partial charge < -0.3 is 5.11 Å². The van der Waals surface area contributed by atoms with Crippen molar-refractivity contribution in [2.75, 3.05) is 6.26 Å². The van der Waals surface area contributed by atoms with Gasteiger partial charge in [0.15, 0.2) is 0 Å². The molecular weight excluding hydrogens is 278 g/mol. The second-order valence-corrected chi connectivity index (χ2v) is 5.06. The number of benzene rings is 1. The Labute approximate surface area is 123 Å². The fourth-order valence-corrected chi connectivity index (χ4v) is 2.44. The molecular formula is C15H18ClNOS. The molecule has 0 heterocycles. The molecule has 0 saturated carbocycles. The van der Waals surface area contributed by atoms with Crippen LogP contribution in [0.15, 0.2) is 46.0 Å². The molecule has 0 radical (unpaired) electrons. The lowest BCUT2D eigenvalue weighted by atomic mass is 10.1. The molecule has 0 fully saturated rings. The van der Waals surface area contributed by atoms with Gasteiger partial charge in [0.1, 0.15) is 5.76 Å². The number of aliphatic imine (C=N–C) groups is 1. The zero-order valence-electron chi connectivity index (χ0n) is 11.4. The molecule has 0 bridgehead atoms. The van der Waals surface area contributed by atoms with Crippen molar-refractivity contribution < 1.29 is 5.11 Å². The van der Waals surface area contributed by atoms with Crippen LogP contribution >= 0.6 is 23.4 Å². The van der Waals surface area contributed by atoms with E-state index in [9.17, 15) is 5.11 Å². The lowest BCUT2D eigenvalue weighted by Crippen LogP contribution is -1.86. The van der Waals surface area contributed by atoms with Gasteiger partial charge in [-0.05, 0) is 37.8 Å². The molecule has 0 spiro atoms. The van der Waals surface area contributed by atoms with E-state index in [2.05, 4.69) is 4.99 Å². The molecule has 102 valence electrons. The highest BCUT2D eigenvalue weighted by atomic mass is 35.5. The highest BCUT2D eigenvalue weighted by Crippen LogP contribution is 2.29. The van der Waals surface area contributed by atoms with Crippen LogP contribution in [0.1, 0.15) is 25.8 Å². The first-order valence-corrected chi connectivity index (χ1v) is 7.66. The van der Waals surface area contributed by atoms with Crippen LogP contribution in [0.25, 0.3) is 5.70 Å². The minimum absolute atomic E-state index is 0.216. The first-order chi connectivity index (χ1) is 9.12. The van der Waals surface area contributed by atoms with Crippen LogP contribution in [0.3, 0.4) is 0 Å². The van der Waals surface area contributed by atoms with E-state index in [-0.39, 0.29) is 5.76 Å². The highest BCUT2D eigenvalue weighted by molar-refractivity contribution is 7.98. The van der Waals surface area contributed by atoms with E-state index in [1.165, 1.54) is 0 Å². The maximum Gasteiger partial charge on any atom is 0.113 e. The average Bonchev–Trinajstić information content (AvgIpc) is 2.38. The van der Waals surface area contributed by atoms with Crippen molar-refractivity contribution in [1.29, 1.82) is 0 Å². The first kappa shape index (κ1) is 15.9. The van der Waals surface area contributed by atoms with Gasteiger partial charge in [-0.15, -0.1) is 11.8 Å². The molecule has 1 N–H and O–H groups in total. The number of nitrogens with zero attached hydrogens (tertiary/aromatic N) is 1. The Balaban J connectivity index is 3.20. The summed E-state index contributed by atoms with van der Waals surface area (Å²) in [5.74, 6) is 0.216. The number of thioether (sulfide) groups is 1. The quantitative estimate of drug-likeness (QED) is 0.344. The maximum absolute atomic E-state index is 9.75. The Hall–Kier alpha value is -1.19. The van der Waals surface area contributed by atoms with Crippen molar-refractivity contribution in [2.45, 2.75) is 25.2 Å². The van der Waals surface area contributed by atoms with Crippen LogP contribution in [0, 0.1) is 0 Å². The van der Waals surface area contributed by atoms with Crippen LogP contribution in [0.5, 0.6) is 0 Å². The molecule has 1 aromatic carbocycles. The molecule has 0 atom stereocenters. The normalized spacial score (nSPS) is 13.3. The third-order valence-electron chi connectivity index (χ3n) is 2.41. The highest BCUT2D eigenvalue weighted by Gasteiger charge is 2.05. The predicted molar refractivity (Wildman–Crippen MR) is 86.4 cm³/mol. The number of aliphatic hydroxyl groups excluding tert-OH is 1. The lowest BCUT2D eigenvalue weighted by molar-refractivity contribution is 0.430. The summed E-state index contributed by atoms with van der Waals surface area (Å²) in [6, 6.07) is 5.78. The van der Waals surface area contributed by atoms with Gasteiger partial charge in [-0.2, -0.15) is 0 Å². The van der Waals surface area contributed by atoms with Gasteiger partial charge in [-0.25, -0.2) is 0 Å². The smallest absolute Gasteiger partial charge is 0.113 e. The van der Waals surface area contributed by atoms with Gasteiger partial charge in [0.2, 0.25) is 0 Å². The van der Waals surface area contributed by atoms with E-state index >= 15 is 0 Å². The number of halogens is 1. The van der Waals surface area contributed by atoms with Crippen molar-refractivity contribution in [3.05, 3.63) is 46.7 Å². The largest absolute Gasteiger partial charge is 0.508 e. The minimum atomic E-state index is 0.216. The number of allylic oxidation sites excluding steroid dienone is 2. The lowest BCUT2D eigenvalue weighted by Gasteiger charge is -2.06. The van der Waals surface area contributed by atoms with Gasteiger partial charge in [0, 0.05) is 22.7 Å². The number of hydrogen-bond acceptors (Lipinski definition) is 3. The van der Waals surface area contributed by atoms with Gasteiger partial charge >= 0.3 is 0 Å². The van der Waals surface area contributed by atoms with Crippen LogP contribution in [-0.4, -0.2) is 17.6 Å². The molecule has 0 aliphatic carbocycles. The number of rotatable bonds is 5. The Morgan fingerprint density at radius 1 is 1.47 bits per heavy atom. The summed E-state index contributed by atoms with van der Waals surface area (Å²) < 4.78 is 0. The van der Waals surface area contributed by atoms with E-state index in [0.29, 0.717) is 10.7 Å². The van der Waals surface area contributed by atoms with Crippen molar-refractivity contribution in [2.24, 2.45) is 4.99 Å². The zero-order valence-corrected chi connectivity index (χ0v) is 12.9. The summed E-state index contributed by atoms with van der Waals surface area (Å²) in [6.45, 7) is 3.81. The second-order valence-electron chi connectivity index (χ2n) is 3.80. The zero-order chi connectivity index (χ0) is 14.3. The number of hydrogen-bond donors (Lipinski definition) is 1. The molecule has 0 saturated heterocycles. The summed E-state index contributed by atoms with van der Waals surface area (Å²) >= 11 is 7.80. The van der Waals surface area contributed by atoms with Gasteiger partial charge in [-0.3, -0.25) is 4.99 Å². The monoisotopic (exact) mass is 295 g/mol. The number of aliphatic hydroxyl groups is 1. The Kier molecular flexibility index (Phi) is 6.74. The Morgan fingerprint density at radius 2 is 2.21 bits per heavy atom. The molecule has 2 nitrogen and oxygen atoms in total. The fraction of sp³-hybridized carbons (Fsp3) is 0.267. The van der Waals surface area contributed by atoms with E-state index in [1.807, 2.05) is 38.3 Å². The molecule has 0 aliphatic rings. The van der Waals surface area contributed by atoms with E-state index in [1.54, 1.807) is 30.1 Å². The molecule has 0 aliphatic heterocycles. The van der Waals surface area contributed by atoms with E-state index < -0.39 is 0 Å². The molecule has 0 unspecified atom stereocenters. The summed E-state index contributed by atoms with van der Waals surface area (Å²) in [4.78, 5) is 5.31. The van der Waals surface area contributed by atoms with Crippen LogP contribution in [0.2, 0.25) is 5.02 Å². The SMILES string of the molecule is C\C=N/C(=C\C(O)=C\CC)c1ccc(SC)c(Cl)c1. The van der Waals surface area contributed by atoms with Crippen molar-refractivity contribution in [3.8, 4) is 0 Å². The summed E-state index contributed by atoms with van der Waals surface area (Å²) in [7, 11) is 0. The molecule has 0 aromatic heterocycles. The van der Waals surface area contributed by atoms with Crippen molar-refractivity contribution in [3.63, 3.8) is 0 Å². The summed E-state index contributed by atoms with van der Waals surface area (Å²) in [5, 5.41) is 10.4. The molecule has 1 aromatic rings. The van der Waals surface area contributed by atoms with E-state index in [0.717, 1.165) is 16.9 Å². The van der Waals surface area contributed by atoms with Gasteiger partial charge in [0.05, 0.1) is 10.7 Å². The third kappa shape index (κ3) is 4.77.